The normalized spacial score (nSPS) is 22.1. The molecule has 1 aliphatic heterocycles. The quantitative estimate of drug-likeness (QED) is 0.686. The number of carbonyl (C=O) groups excluding carboxylic acids is 2. The highest BCUT2D eigenvalue weighted by Gasteiger charge is 2.38. The van der Waals surface area contributed by atoms with Crippen molar-refractivity contribution in [3.05, 3.63) is 54.1 Å². The highest BCUT2D eigenvalue weighted by molar-refractivity contribution is 6.52. The molecule has 1 heterocycles. The van der Waals surface area contributed by atoms with Crippen LogP contribution in [-0.2, 0) is 4.79 Å². The SMILES string of the molecule is O=C1C(=O)N(C2C=CC=CC2)c2ccccc21. The van der Waals surface area contributed by atoms with Gasteiger partial charge in [0.2, 0.25) is 0 Å². The molecule has 1 unspecified atom stereocenters. The fraction of sp³-hybridized carbons (Fsp3) is 0.143. The Bertz CT molecular complexity index is 557. The number of nitrogens with zero attached hydrogens (tertiary/aromatic N) is 1. The maximum atomic E-state index is 12.0. The Kier molecular flexibility index (Phi) is 2.18. The number of amides is 1. The molecule has 17 heavy (non-hydrogen) atoms. The monoisotopic (exact) mass is 225 g/mol. The molecular weight excluding hydrogens is 214 g/mol. The van der Waals surface area contributed by atoms with E-state index in [0.717, 1.165) is 12.1 Å². The van der Waals surface area contributed by atoms with Gasteiger partial charge in [-0.1, -0.05) is 36.4 Å². The van der Waals surface area contributed by atoms with Gasteiger partial charge in [-0.25, -0.2) is 0 Å². The van der Waals surface area contributed by atoms with E-state index < -0.39 is 11.7 Å². The number of benzene rings is 1. The number of hydrogen-bond donors (Lipinski definition) is 0. The molecule has 1 aliphatic carbocycles. The predicted molar refractivity (Wildman–Crippen MR) is 64.9 cm³/mol. The number of allylic oxidation sites excluding steroid dienone is 2. The number of fused-ring (bicyclic) bond motifs is 1. The Hall–Kier alpha value is -2.16. The van der Waals surface area contributed by atoms with Crippen LogP contribution in [-0.4, -0.2) is 17.7 Å². The second-order valence-corrected chi connectivity index (χ2v) is 4.14. The van der Waals surface area contributed by atoms with E-state index in [1.807, 2.05) is 36.4 Å². The molecule has 84 valence electrons. The van der Waals surface area contributed by atoms with E-state index in [1.54, 1.807) is 17.0 Å². The van der Waals surface area contributed by atoms with Crippen molar-refractivity contribution in [1.29, 1.82) is 0 Å². The number of ketones is 1. The molecule has 0 bridgehead atoms. The Morgan fingerprint density at radius 2 is 1.94 bits per heavy atom. The van der Waals surface area contributed by atoms with Crippen LogP contribution in [0.4, 0.5) is 5.69 Å². The summed E-state index contributed by atoms with van der Waals surface area (Å²) >= 11 is 0. The van der Waals surface area contributed by atoms with E-state index in [-0.39, 0.29) is 6.04 Å². The zero-order valence-electron chi connectivity index (χ0n) is 9.17. The molecule has 1 atom stereocenters. The van der Waals surface area contributed by atoms with Gasteiger partial charge in [0.1, 0.15) is 0 Å². The van der Waals surface area contributed by atoms with Crippen LogP contribution in [0.2, 0.25) is 0 Å². The highest BCUT2D eigenvalue weighted by Crippen LogP contribution is 2.32. The molecule has 1 aromatic rings. The molecule has 0 spiro atoms. The highest BCUT2D eigenvalue weighted by atomic mass is 16.2. The Morgan fingerprint density at radius 3 is 2.71 bits per heavy atom. The summed E-state index contributed by atoms with van der Waals surface area (Å²) < 4.78 is 0. The molecular formula is C14H11NO2. The van der Waals surface area contributed by atoms with Crippen LogP contribution in [0.3, 0.4) is 0 Å². The minimum Gasteiger partial charge on any atom is -0.298 e. The first-order valence-electron chi connectivity index (χ1n) is 5.59. The third kappa shape index (κ3) is 1.43. The van der Waals surface area contributed by atoms with E-state index in [2.05, 4.69) is 0 Å². The first-order chi connectivity index (χ1) is 8.29. The maximum absolute atomic E-state index is 12.0. The number of rotatable bonds is 1. The van der Waals surface area contributed by atoms with Gasteiger partial charge in [0.05, 0.1) is 17.3 Å². The summed E-state index contributed by atoms with van der Waals surface area (Å²) in [5.74, 6) is -0.820. The van der Waals surface area contributed by atoms with E-state index >= 15 is 0 Å². The number of anilines is 1. The van der Waals surface area contributed by atoms with Gasteiger partial charge < -0.3 is 0 Å². The zero-order valence-corrected chi connectivity index (χ0v) is 9.17. The van der Waals surface area contributed by atoms with Crippen LogP contribution in [0.5, 0.6) is 0 Å². The third-order valence-electron chi connectivity index (χ3n) is 3.11. The molecule has 0 aromatic heterocycles. The van der Waals surface area contributed by atoms with Gasteiger partial charge in [-0.2, -0.15) is 0 Å². The van der Waals surface area contributed by atoms with Crippen LogP contribution in [0, 0.1) is 0 Å². The average Bonchev–Trinajstić information content (AvgIpc) is 2.64. The molecule has 0 radical (unpaired) electrons. The topological polar surface area (TPSA) is 37.4 Å². The molecule has 1 aromatic carbocycles. The van der Waals surface area contributed by atoms with Crippen molar-refractivity contribution in [2.24, 2.45) is 0 Å². The average molecular weight is 225 g/mol. The molecule has 3 rings (SSSR count). The van der Waals surface area contributed by atoms with Gasteiger partial charge in [-0.05, 0) is 18.6 Å². The molecule has 0 saturated carbocycles. The molecule has 3 heteroatoms. The van der Waals surface area contributed by atoms with Gasteiger partial charge >= 0.3 is 0 Å². The second-order valence-electron chi connectivity index (χ2n) is 4.14. The molecule has 0 N–H and O–H groups in total. The van der Waals surface area contributed by atoms with Crippen molar-refractivity contribution in [3.63, 3.8) is 0 Å². The van der Waals surface area contributed by atoms with Crippen molar-refractivity contribution in [2.45, 2.75) is 12.5 Å². The van der Waals surface area contributed by atoms with Gasteiger partial charge in [0.25, 0.3) is 11.7 Å². The van der Waals surface area contributed by atoms with Crippen LogP contribution in [0.25, 0.3) is 0 Å². The number of Topliss-reactive ketones (excluding diaryl/α,β-unsaturated/α-hetero) is 1. The van der Waals surface area contributed by atoms with Crippen molar-refractivity contribution in [2.75, 3.05) is 4.90 Å². The Labute approximate surface area is 99.0 Å². The van der Waals surface area contributed by atoms with Gasteiger partial charge in [0.15, 0.2) is 0 Å². The van der Waals surface area contributed by atoms with E-state index in [0.29, 0.717) is 5.56 Å². The molecule has 1 amide bonds. The lowest BCUT2D eigenvalue weighted by molar-refractivity contribution is -0.114. The minimum atomic E-state index is -0.420. The summed E-state index contributed by atoms with van der Waals surface area (Å²) in [6.07, 6.45) is 8.57. The first kappa shape index (κ1) is 10.0. The fourth-order valence-corrected chi connectivity index (χ4v) is 2.30. The Morgan fingerprint density at radius 1 is 1.12 bits per heavy atom. The lowest BCUT2D eigenvalue weighted by Gasteiger charge is -2.25. The molecule has 2 aliphatic rings. The Balaban J connectivity index is 2.06. The van der Waals surface area contributed by atoms with Crippen molar-refractivity contribution in [3.8, 4) is 0 Å². The van der Waals surface area contributed by atoms with Crippen LogP contribution in [0.1, 0.15) is 16.8 Å². The van der Waals surface area contributed by atoms with Crippen LogP contribution in [0.15, 0.2) is 48.6 Å². The van der Waals surface area contributed by atoms with Gasteiger partial charge in [-0.3, -0.25) is 14.5 Å². The molecule has 3 nitrogen and oxygen atoms in total. The summed E-state index contributed by atoms with van der Waals surface area (Å²) in [7, 11) is 0. The number of hydrogen-bond acceptors (Lipinski definition) is 2. The number of carbonyl (C=O) groups is 2. The second kappa shape index (κ2) is 3.70. The van der Waals surface area contributed by atoms with Crippen LogP contribution >= 0.6 is 0 Å². The largest absolute Gasteiger partial charge is 0.300 e. The number of para-hydroxylation sites is 1. The fourth-order valence-electron chi connectivity index (χ4n) is 2.30. The van der Waals surface area contributed by atoms with Gasteiger partial charge in [0, 0.05) is 0 Å². The van der Waals surface area contributed by atoms with Crippen molar-refractivity contribution >= 4 is 17.4 Å². The van der Waals surface area contributed by atoms with E-state index in [4.69, 9.17) is 0 Å². The lowest BCUT2D eigenvalue weighted by atomic mass is 10.1. The van der Waals surface area contributed by atoms with Crippen molar-refractivity contribution in [1.82, 2.24) is 0 Å². The standard InChI is InChI=1S/C14H11NO2/c16-13-11-8-4-5-9-12(11)15(14(13)17)10-6-2-1-3-7-10/h1-6,8-10H,7H2. The smallest absolute Gasteiger partial charge is 0.298 e. The summed E-state index contributed by atoms with van der Waals surface area (Å²) in [5.41, 5.74) is 1.24. The molecule has 0 saturated heterocycles. The summed E-state index contributed by atoms with van der Waals surface area (Å²) in [4.78, 5) is 25.4. The van der Waals surface area contributed by atoms with Gasteiger partial charge in [-0.15, -0.1) is 0 Å². The summed E-state index contributed by atoms with van der Waals surface area (Å²) in [6, 6.07) is 7.12. The lowest BCUT2D eigenvalue weighted by Crippen LogP contribution is -2.38. The van der Waals surface area contributed by atoms with E-state index in [1.165, 1.54) is 0 Å². The maximum Gasteiger partial charge on any atom is 0.300 e. The zero-order chi connectivity index (χ0) is 11.8. The minimum absolute atomic E-state index is 0.0416. The van der Waals surface area contributed by atoms with Crippen LogP contribution < -0.4 is 4.90 Å². The summed E-state index contributed by atoms with van der Waals surface area (Å²) in [6.45, 7) is 0. The molecule has 0 fully saturated rings. The summed E-state index contributed by atoms with van der Waals surface area (Å²) in [5, 5.41) is 0. The van der Waals surface area contributed by atoms with Crippen molar-refractivity contribution < 1.29 is 9.59 Å². The predicted octanol–water partition coefficient (Wildman–Crippen LogP) is 2.10. The first-order valence-corrected chi connectivity index (χ1v) is 5.59. The van der Waals surface area contributed by atoms with E-state index in [9.17, 15) is 9.59 Å². The third-order valence-corrected chi connectivity index (χ3v) is 3.11.